The molecular formula is C18H27N5O2. The molecule has 1 aliphatic heterocycles. The Hall–Kier alpha value is -2.18. The molecule has 25 heavy (non-hydrogen) atoms. The molecule has 2 aromatic heterocycles. The minimum atomic E-state index is -0.279. The van der Waals surface area contributed by atoms with Gasteiger partial charge >= 0.3 is 0 Å². The van der Waals surface area contributed by atoms with Gasteiger partial charge in [0.2, 0.25) is 5.91 Å². The van der Waals surface area contributed by atoms with Crippen LogP contribution in [-0.2, 0) is 17.8 Å². The highest BCUT2D eigenvalue weighted by molar-refractivity contribution is 5.82. The second-order valence-electron chi connectivity index (χ2n) is 7.58. The third kappa shape index (κ3) is 3.45. The molecule has 0 saturated carbocycles. The average molecular weight is 345 g/mol. The molecule has 0 saturated heterocycles. The molecule has 0 aliphatic carbocycles. The molecule has 1 amide bonds. The van der Waals surface area contributed by atoms with E-state index in [1.54, 1.807) is 0 Å². The van der Waals surface area contributed by atoms with Crippen LogP contribution in [0.4, 0.5) is 0 Å². The fourth-order valence-electron chi connectivity index (χ4n) is 3.34. The summed E-state index contributed by atoms with van der Waals surface area (Å²) in [7, 11) is 0. The molecule has 2 aromatic rings. The van der Waals surface area contributed by atoms with Gasteiger partial charge in [-0.15, -0.1) is 10.2 Å². The molecule has 0 aromatic carbocycles. The SMILES string of the molecule is CCN1Cc2nnc(-c3cc(CC(C)C)on3)n2[C@@H](CC(C)C)C1=O. The van der Waals surface area contributed by atoms with Crippen molar-refractivity contribution in [1.29, 1.82) is 0 Å². The maximum Gasteiger partial charge on any atom is 0.246 e. The Balaban J connectivity index is 2.00. The molecule has 0 fully saturated rings. The average Bonchev–Trinajstić information content (AvgIpc) is 3.15. The normalized spacial score (nSPS) is 17.6. The zero-order valence-electron chi connectivity index (χ0n) is 15.7. The minimum Gasteiger partial charge on any atom is -0.361 e. The summed E-state index contributed by atoms with van der Waals surface area (Å²) in [5.41, 5.74) is 0.654. The van der Waals surface area contributed by atoms with Crippen molar-refractivity contribution in [2.24, 2.45) is 11.8 Å². The highest BCUT2D eigenvalue weighted by atomic mass is 16.5. The second kappa shape index (κ2) is 6.98. The van der Waals surface area contributed by atoms with Crippen LogP contribution in [0, 0.1) is 11.8 Å². The number of carbonyl (C=O) groups is 1. The number of carbonyl (C=O) groups excluding carboxylic acids is 1. The van der Waals surface area contributed by atoms with E-state index in [1.807, 2.05) is 22.5 Å². The van der Waals surface area contributed by atoms with Gasteiger partial charge in [-0.05, 0) is 25.2 Å². The van der Waals surface area contributed by atoms with Crippen LogP contribution in [0.1, 0.15) is 58.7 Å². The largest absolute Gasteiger partial charge is 0.361 e. The van der Waals surface area contributed by atoms with E-state index in [0.717, 1.165) is 24.4 Å². The van der Waals surface area contributed by atoms with E-state index in [4.69, 9.17) is 4.52 Å². The molecule has 0 bridgehead atoms. The summed E-state index contributed by atoms with van der Waals surface area (Å²) < 4.78 is 7.41. The molecular weight excluding hydrogens is 318 g/mol. The van der Waals surface area contributed by atoms with Crippen molar-refractivity contribution in [3.05, 3.63) is 17.7 Å². The van der Waals surface area contributed by atoms with E-state index in [2.05, 4.69) is 43.0 Å². The molecule has 7 heteroatoms. The van der Waals surface area contributed by atoms with E-state index in [0.29, 0.717) is 36.4 Å². The lowest BCUT2D eigenvalue weighted by Gasteiger charge is -2.33. The summed E-state index contributed by atoms with van der Waals surface area (Å²) in [5, 5.41) is 12.8. The summed E-state index contributed by atoms with van der Waals surface area (Å²) in [6.45, 7) is 11.7. The quantitative estimate of drug-likeness (QED) is 0.804. The Morgan fingerprint density at radius 3 is 2.64 bits per heavy atom. The van der Waals surface area contributed by atoms with Crippen LogP contribution < -0.4 is 0 Å². The lowest BCUT2D eigenvalue weighted by molar-refractivity contribution is -0.137. The summed E-state index contributed by atoms with van der Waals surface area (Å²) >= 11 is 0. The summed E-state index contributed by atoms with van der Waals surface area (Å²) in [5.74, 6) is 3.29. The number of aromatic nitrogens is 4. The van der Waals surface area contributed by atoms with Gasteiger partial charge in [0.15, 0.2) is 17.3 Å². The zero-order valence-corrected chi connectivity index (χ0v) is 15.7. The minimum absolute atomic E-state index is 0.135. The van der Waals surface area contributed by atoms with Crippen molar-refractivity contribution < 1.29 is 9.32 Å². The number of fused-ring (bicyclic) bond motifs is 1. The third-order valence-electron chi connectivity index (χ3n) is 4.48. The number of likely N-dealkylation sites (N-methyl/N-ethyl adjacent to an activating group) is 1. The molecule has 3 heterocycles. The maximum atomic E-state index is 12.9. The molecule has 1 aliphatic rings. The molecule has 1 atom stereocenters. The van der Waals surface area contributed by atoms with Gasteiger partial charge in [-0.3, -0.25) is 9.36 Å². The Kier molecular flexibility index (Phi) is 4.92. The zero-order chi connectivity index (χ0) is 18.1. The van der Waals surface area contributed by atoms with Crippen LogP contribution in [0.5, 0.6) is 0 Å². The number of nitrogens with zero attached hydrogens (tertiary/aromatic N) is 5. The lowest BCUT2D eigenvalue weighted by Crippen LogP contribution is -2.43. The standard InChI is InChI=1S/C18H27N5O2/c1-6-22-10-16-19-20-17(14-9-13(25-21-14)7-11(2)3)23(16)15(18(22)24)8-12(4)5/h9,11-12,15H,6-8,10H2,1-5H3/t15-/m0/s1. The first-order valence-electron chi connectivity index (χ1n) is 9.09. The van der Waals surface area contributed by atoms with Gasteiger partial charge in [0, 0.05) is 19.0 Å². The first-order valence-corrected chi connectivity index (χ1v) is 9.09. The fraction of sp³-hybridized carbons (Fsp3) is 0.667. The number of rotatable bonds is 6. The highest BCUT2D eigenvalue weighted by Crippen LogP contribution is 2.32. The molecule has 7 nitrogen and oxygen atoms in total. The maximum absolute atomic E-state index is 12.9. The molecule has 0 spiro atoms. The molecule has 0 N–H and O–H groups in total. The summed E-state index contributed by atoms with van der Waals surface area (Å²) in [6.07, 6.45) is 1.58. The van der Waals surface area contributed by atoms with E-state index in [1.165, 1.54) is 0 Å². The van der Waals surface area contributed by atoms with E-state index < -0.39 is 0 Å². The topological polar surface area (TPSA) is 77.1 Å². The van der Waals surface area contributed by atoms with Crippen LogP contribution in [0.3, 0.4) is 0 Å². The Morgan fingerprint density at radius 1 is 1.24 bits per heavy atom. The predicted octanol–water partition coefficient (Wildman–Crippen LogP) is 3.08. The van der Waals surface area contributed by atoms with Gasteiger partial charge in [0.25, 0.3) is 0 Å². The number of hydrogen-bond donors (Lipinski definition) is 0. The Morgan fingerprint density at radius 2 is 2.00 bits per heavy atom. The first kappa shape index (κ1) is 17.6. The molecule has 0 radical (unpaired) electrons. The third-order valence-corrected chi connectivity index (χ3v) is 4.48. The van der Waals surface area contributed by atoms with E-state index in [-0.39, 0.29) is 11.9 Å². The monoisotopic (exact) mass is 345 g/mol. The molecule has 3 rings (SSSR count). The van der Waals surface area contributed by atoms with Crippen LogP contribution in [0.2, 0.25) is 0 Å². The number of hydrogen-bond acceptors (Lipinski definition) is 5. The number of amides is 1. The van der Waals surface area contributed by atoms with Crippen molar-refractivity contribution in [1.82, 2.24) is 24.8 Å². The predicted molar refractivity (Wildman–Crippen MR) is 93.6 cm³/mol. The molecule has 136 valence electrons. The van der Waals surface area contributed by atoms with Crippen molar-refractivity contribution in [3.8, 4) is 11.5 Å². The van der Waals surface area contributed by atoms with Crippen LogP contribution in [0.25, 0.3) is 11.5 Å². The lowest BCUT2D eigenvalue weighted by atomic mass is 10.0. The Bertz CT molecular complexity index is 746. The molecule has 0 unspecified atom stereocenters. The first-order chi connectivity index (χ1) is 11.9. The summed E-state index contributed by atoms with van der Waals surface area (Å²) in [6, 6.07) is 1.64. The van der Waals surface area contributed by atoms with Crippen LogP contribution in [0.15, 0.2) is 10.6 Å². The van der Waals surface area contributed by atoms with E-state index in [9.17, 15) is 4.79 Å². The van der Waals surface area contributed by atoms with Gasteiger partial charge in [0.05, 0.1) is 6.54 Å². The van der Waals surface area contributed by atoms with Crippen LogP contribution in [-0.4, -0.2) is 37.3 Å². The van der Waals surface area contributed by atoms with Gasteiger partial charge in [0.1, 0.15) is 11.8 Å². The van der Waals surface area contributed by atoms with Gasteiger partial charge in [-0.1, -0.05) is 32.9 Å². The summed E-state index contributed by atoms with van der Waals surface area (Å²) in [4.78, 5) is 14.7. The van der Waals surface area contributed by atoms with Crippen molar-refractivity contribution >= 4 is 5.91 Å². The van der Waals surface area contributed by atoms with Crippen molar-refractivity contribution in [3.63, 3.8) is 0 Å². The smallest absolute Gasteiger partial charge is 0.246 e. The Labute approximate surface area is 148 Å². The van der Waals surface area contributed by atoms with E-state index >= 15 is 0 Å². The van der Waals surface area contributed by atoms with Crippen LogP contribution >= 0.6 is 0 Å². The van der Waals surface area contributed by atoms with Gasteiger partial charge in [-0.25, -0.2) is 0 Å². The van der Waals surface area contributed by atoms with Gasteiger partial charge < -0.3 is 9.42 Å². The van der Waals surface area contributed by atoms with Crippen molar-refractivity contribution in [2.45, 2.75) is 60.0 Å². The van der Waals surface area contributed by atoms with Gasteiger partial charge in [-0.2, -0.15) is 0 Å². The highest BCUT2D eigenvalue weighted by Gasteiger charge is 2.36. The second-order valence-corrected chi connectivity index (χ2v) is 7.58. The fourth-order valence-corrected chi connectivity index (χ4v) is 3.34. The van der Waals surface area contributed by atoms with Crippen molar-refractivity contribution in [2.75, 3.05) is 6.54 Å².